The van der Waals surface area contributed by atoms with Crippen LogP contribution in [0.2, 0.25) is 0 Å². The Labute approximate surface area is 119 Å². The molecule has 0 saturated heterocycles. The molecule has 0 aliphatic heterocycles. The average Bonchev–Trinajstić information content (AvgIpc) is 2.31. The summed E-state index contributed by atoms with van der Waals surface area (Å²) in [5.74, 6) is 0.660. The molecule has 2 atom stereocenters. The van der Waals surface area contributed by atoms with Crippen LogP contribution in [0.1, 0.15) is 59.3 Å². The van der Waals surface area contributed by atoms with Gasteiger partial charge in [0.25, 0.3) is 0 Å². The Morgan fingerprint density at radius 3 is 2.11 bits per heavy atom. The first kappa shape index (κ1) is 18.9. The lowest BCUT2D eigenvalue weighted by Gasteiger charge is -2.19. The SMILES string of the molecule is CCCCC(CC)COCC(CCC)CS(N)(=O)=O. The molecule has 0 bridgehead atoms. The minimum absolute atomic E-state index is 0.0312. The van der Waals surface area contributed by atoms with Crippen molar-refractivity contribution in [2.45, 2.75) is 59.3 Å². The van der Waals surface area contributed by atoms with Gasteiger partial charge in [0.05, 0.1) is 12.4 Å². The predicted molar refractivity (Wildman–Crippen MR) is 80.5 cm³/mol. The summed E-state index contributed by atoms with van der Waals surface area (Å²) in [6.45, 7) is 7.66. The standard InChI is InChI=1S/C14H31NO3S/c1-4-7-9-13(6-3)10-18-11-14(8-5-2)12-19(15,16)17/h13-14H,4-12H2,1-3H3,(H2,15,16,17). The van der Waals surface area contributed by atoms with E-state index in [0.29, 0.717) is 12.5 Å². The topological polar surface area (TPSA) is 69.4 Å². The second-order valence-corrected chi connectivity index (χ2v) is 7.10. The van der Waals surface area contributed by atoms with E-state index in [4.69, 9.17) is 9.88 Å². The molecule has 0 fully saturated rings. The fraction of sp³-hybridized carbons (Fsp3) is 1.00. The van der Waals surface area contributed by atoms with Crippen molar-refractivity contribution in [3.63, 3.8) is 0 Å². The van der Waals surface area contributed by atoms with E-state index in [9.17, 15) is 8.42 Å². The summed E-state index contributed by atoms with van der Waals surface area (Å²) >= 11 is 0. The van der Waals surface area contributed by atoms with Crippen LogP contribution in [0.5, 0.6) is 0 Å². The van der Waals surface area contributed by atoms with Crippen LogP contribution < -0.4 is 5.14 Å². The quantitative estimate of drug-likeness (QED) is 0.601. The van der Waals surface area contributed by atoms with E-state index in [1.807, 2.05) is 6.92 Å². The summed E-state index contributed by atoms with van der Waals surface area (Å²) in [6.07, 6.45) is 6.56. The lowest BCUT2D eigenvalue weighted by atomic mass is 10.0. The summed E-state index contributed by atoms with van der Waals surface area (Å²) in [4.78, 5) is 0. The van der Waals surface area contributed by atoms with Crippen molar-refractivity contribution in [3.8, 4) is 0 Å². The van der Waals surface area contributed by atoms with Crippen molar-refractivity contribution in [3.05, 3.63) is 0 Å². The van der Waals surface area contributed by atoms with E-state index in [1.165, 1.54) is 19.3 Å². The highest BCUT2D eigenvalue weighted by Gasteiger charge is 2.16. The van der Waals surface area contributed by atoms with Crippen molar-refractivity contribution in [2.75, 3.05) is 19.0 Å². The van der Waals surface area contributed by atoms with Gasteiger partial charge < -0.3 is 4.74 Å². The van der Waals surface area contributed by atoms with Gasteiger partial charge in [0.1, 0.15) is 0 Å². The van der Waals surface area contributed by atoms with E-state index in [2.05, 4.69) is 13.8 Å². The maximum Gasteiger partial charge on any atom is 0.209 e. The highest BCUT2D eigenvalue weighted by atomic mass is 32.2. The molecule has 0 spiro atoms. The third-order valence-electron chi connectivity index (χ3n) is 3.42. The first-order valence-corrected chi connectivity index (χ1v) is 9.22. The zero-order valence-corrected chi connectivity index (χ0v) is 13.5. The van der Waals surface area contributed by atoms with Crippen LogP contribution in [0, 0.1) is 11.8 Å². The molecule has 0 heterocycles. The zero-order chi connectivity index (χ0) is 14.7. The van der Waals surface area contributed by atoms with E-state index < -0.39 is 10.0 Å². The Morgan fingerprint density at radius 2 is 1.63 bits per heavy atom. The summed E-state index contributed by atoms with van der Waals surface area (Å²) in [6, 6.07) is 0. The lowest BCUT2D eigenvalue weighted by Crippen LogP contribution is -2.26. The molecule has 116 valence electrons. The Kier molecular flexibility index (Phi) is 10.6. The Morgan fingerprint density at radius 1 is 1.00 bits per heavy atom. The summed E-state index contributed by atoms with van der Waals surface area (Å²) in [5.41, 5.74) is 0. The van der Waals surface area contributed by atoms with Gasteiger partial charge in [-0.1, -0.05) is 46.5 Å². The van der Waals surface area contributed by atoms with Gasteiger partial charge in [0, 0.05) is 6.61 Å². The van der Waals surface area contributed by atoms with Crippen molar-refractivity contribution < 1.29 is 13.2 Å². The van der Waals surface area contributed by atoms with Gasteiger partial charge in [-0.2, -0.15) is 0 Å². The molecule has 2 unspecified atom stereocenters. The van der Waals surface area contributed by atoms with Crippen LogP contribution in [0.4, 0.5) is 0 Å². The summed E-state index contributed by atoms with van der Waals surface area (Å²) < 4.78 is 28.0. The Bertz CT molecular complexity index is 304. The second kappa shape index (κ2) is 10.6. The third-order valence-corrected chi connectivity index (χ3v) is 4.35. The molecule has 0 aliphatic rings. The van der Waals surface area contributed by atoms with Crippen LogP contribution in [0.25, 0.3) is 0 Å². The highest BCUT2D eigenvalue weighted by molar-refractivity contribution is 7.89. The first-order chi connectivity index (χ1) is 8.92. The van der Waals surface area contributed by atoms with Gasteiger partial charge >= 0.3 is 0 Å². The molecule has 0 rings (SSSR count). The molecule has 0 aromatic rings. The van der Waals surface area contributed by atoms with Crippen LogP contribution >= 0.6 is 0 Å². The fourth-order valence-electron chi connectivity index (χ4n) is 2.25. The van der Waals surface area contributed by atoms with Crippen LogP contribution in [-0.4, -0.2) is 27.4 Å². The number of primary sulfonamides is 1. The average molecular weight is 293 g/mol. The maximum absolute atomic E-state index is 11.1. The van der Waals surface area contributed by atoms with Crippen LogP contribution in [-0.2, 0) is 14.8 Å². The van der Waals surface area contributed by atoms with E-state index in [1.54, 1.807) is 0 Å². The van der Waals surface area contributed by atoms with E-state index in [-0.39, 0.29) is 11.7 Å². The second-order valence-electron chi connectivity index (χ2n) is 5.44. The number of hydrogen-bond donors (Lipinski definition) is 1. The van der Waals surface area contributed by atoms with E-state index >= 15 is 0 Å². The fourth-order valence-corrected chi connectivity index (χ4v) is 3.17. The molecular weight excluding hydrogens is 262 g/mol. The van der Waals surface area contributed by atoms with Crippen molar-refractivity contribution in [1.29, 1.82) is 0 Å². The molecule has 19 heavy (non-hydrogen) atoms. The third kappa shape index (κ3) is 11.4. The minimum atomic E-state index is -3.40. The van der Waals surface area contributed by atoms with Gasteiger partial charge in [-0.25, -0.2) is 13.6 Å². The van der Waals surface area contributed by atoms with Gasteiger partial charge in [-0.15, -0.1) is 0 Å². The maximum atomic E-state index is 11.1. The Hall–Kier alpha value is -0.130. The molecule has 2 N–H and O–H groups in total. The molecule has 0 saturated carbocycles. The van der Waals surface area contributed by atoms with Gasteiger partial charge in [-0.3, -0.25) is 0 Å². The van der Waals surface area contributed by atoms with Crippen LogP contribution in [0.3, 0.4) is 0 Å². The molecule has 0 aromatic carbocycles. The zero-order valence-electron chi connectivity index (χ0n) is 12.7. The molecule has 0 amide bonds. The van der Waals surface area contributed by atoms with Gasteiger partial charge in [0.2, 0.25) is 10.0 Å². The molecule has 0 aliphatic carbocycles. The molecule has 4 nitrogen and oxygen atoms in total. The molecule has 5 heteroatoms. The largest absolute Gasteiger partial charge is 0.381 e. The number of hydrogen-bond acceptors (Lipinski definition) is 3. The lowest BCUT2D eigenvalue weighted by molar-refractivity contribution is 0.0696. The first-order valence-electron chi connectivity index (χ1n) is 7.51. The smallest absolute Gasteiger partial charge is 0.209 e. The number of ether oxygens (including phenoxy) is 1. The summed E-state index contributed by atoms with van der Waals surface area (Å²) in [5, 5.41) is 5.11. The number of rotatable bonds is 12. The predicted octanol–water partition coefficient (Wildman–Crippen LogP) is 2.92. The number of sulfonamides is 1. The van der Waals surface area contributed by atoms with Crippen LogP contribution in [0.15, 0.2) is 0 Å². The normalized spacial score (nSPS) is 15.4. The van der Waals surface area contributed by atoms with Gasteiger partial charge in [0.15, 0.2) is 0 Å². The molecular formula is C14H31NO3S. The highest BCUT2D eigenvalue weighted by Crippen LogP contribution is 2.15. The molecule has 0 aromatic heterocycles. The monoisotopic (exact) mass is 293 g/mol. The molecule has 0 radical (unpaired) electrons. The van der Waals surface area contributed by atoms with Gasteiger partial charge in [-0.05, 0) is 24.7 Å². The Balaban J connectivity index is 4.02. The van der Waals surface area contributed by atoms with Crippen molar-refractivity contribution in [1.82, 2.24) is 0 Å². The van der Waals surface area contributed by atoms with Crippen molar-refractivity contribution >= 4 is 10.0 Å². The number of nitrogens with two attached hydrogens (primary N) is 1. The van der Waals surface area contributed by atoms with E-state index in [0.717, 1.165) is 25.9 Å². The summed E-state index contributed by atoms with van der Waals surface area (Å²) in [7, 11) is -3.40. The van der Waals surface area contributed by atoms with Crippen molar-refractivity contribution in [2.24, 2.45) is 17.0 Å². The number of unbranched alkanes of at least 4 members (excludes halogenated alkanes) is 1. The minimum Gasteiger partial charge on any atom is -0.381 e.